The summed E-state index contributed by atoms with van der Waals surface area (Å²) in [6.45, 7) is 2.40. The van der Waals surface area contributed by atoms with E-state index in [1.54, 1.807) is 24.3 Å². The average molecular weight is 233 g/mol. The van der Waals surface area contributed by atoms with Gasteiger partial charge in [0.2, 0.25) is 0 Å². The van der Waals surface area contributed by atoms with Crippen molar-refractivity contribution < 1.29 is 19.1 Å². The van der Waals surface area contributed by atoms with Gasteiger partial charge in [0, 0.05) is 13.8 Å². The summed E-state index contributed by atoms with van der Waals surface area (Å²) in [5.74, 6) is -1.19. The minimum absolute atomic E-state index is 0.292. The second-order valence-corrected chi connectivity index (χ2v) is 3.25. The Balaban J connectivity index is 3.07. The van der Waals surface area contributed by atoms with E-state index in [-0.39, 0.29) is 0 Å². The fourth-order valence-corrected chi connectivity index (χ4v) is 1.26. The van der Waals surface area contributed by atoms with E-state index in [1.165, 1.54) is 13.8 Å². The van der Waals surface area contributed by atoms with Gasteiger partial charge >= 0.3 is 11.9 Å². The third-order valence-corrected chi connectivity index (χ3v) is 1.88. The van der Waals surface area contributed by atoms with Gasteiger partial charge in [0.05, 0.1) is 17.2 Å². The van der Waals surface area contributed by atoms with E-state index in [4.69, 9.17) is 14.7 Å². The van der Waals surface area contributed by atoms with Gasteiger partial charge in [-0.1, -0.05) is 18.2 Å². The van der Waals surface area contributed by atoms with E-state index in [0.29, 0.717) is 11.1 Å². The quantitative estimate of drug-likeness (QED) is 0.586. The normalized spacial score (nSPS) is 9.53. The molecule has 0 atom stereocenters. The van der Waals surface area contributed by atoms with Crippen molar-refractivity contribution in [2.75, 3.05) is 0 Å². The van der Waals surface area contributed by atoms with Crippen LogP contribution in [0.15, 0.2) is 24.3 Å². The summed E-state index contributed by atoms with van der Waals surface area (Å²) < 4.78 is 9.71. The van der Waals surface area contributed by atoms with Gasteiger partial charge in [-0.25, -0.2) is 0 Å². The number of ether oxygens (including phenoxy) is 2. The Bertz CT molecular complexity index is 460. The van der Waals surface area contributed by atoms with E-state index in [0.717, 1.165) is 0 Å². The molecule has 0 amide bonds. The van der Waals surface area contributed by atoms with Crippen molar-refractivity contribution in [1.29, 1.82) is 5.26 Å². The molecule has 1 aromatic rings. The van der Waals surface area contributed by atoms with Crippen molar-refractivity contribution in [3.8, 4) is 6.07 Å². The molecule has 5 heteroatoms. The van der Waals surface area contributed by atoms with Crippen LogP contribution in [0.1, 0.15) is 31.3 Å². The Morgan fingerprint density at radius 1 is 1.18 bits per heavy atom. The number of nitriles is 1. The fraction of sp³-hybridized carbons (Fsp3) is 0.250. The zero-order chi connectivity index (χ0) is 12.8. The molecule has 0 saturated heterocycles. The van der Waals surface area contributed by atoms with Crippen LogP contribution < -0.4 is 0 Å². The second-order valence-electron chi connectivity index (χ2n) is 3.25. The standard InChI is InChI=1S/C12H11NO4/c1-8(14)16-12(17-9(2)15)11-6-4-3-5-10(11)7-13/h3-6,12H,1-2H3. The Morgan fingerprint density at radius 2 is 1.71 bits per heavy atom. The number of esters is 2. The third kappa shape index (κ3) is 3.61. The van der Waals surface area contributed by atoms with Gasteiger partial charge in [-0.2, -0.15) is 5.26 Å². The molecule has 0 spiro atoms. The lowest BCUT2D eigenvalue weighted by atomic mass is 10.1. The molecule has 1 aromatic carbocycles. The molecule has 0 aliphatic carbocycles. The molecule has 5 nitrogen and oxygen atoms in total. The van der Waals surface area contributed by atoms with Crippen LogP contribution in [0.3, 0.4) is 0 Å². The Kier molecular flexibility index (Phi) is 4.23. The fourth-order valence-electron chi connectivity index (χ4n) is 1.26. The first-order valence-corrected chi connectivity index (χ1v) is 4.88. The predicted molar refractivity (Wildman–Crippen MR) is 57.4 cm³/mol. The molecular formula is C12H11NO4. The first-order valence-electron chi connectivity index (χ1n) is 4.88. The smallest absolute Gasteiger partial charge is 0.305 e. The van der Waals surface area contributed by atoms with E-state index in [2.05, 4.69) is 0 Å². The van der Waals surface area contributed by atoms with Crippen molar-refractivity contribution >= 4 is 11.9 Å². The molecule has 17 heavy (non-hydrogen) atoms. The molecular weight excluding hydrogens is 222 g/mol. The van der Waals surface area contributed by atoms with Gasteiger partial charge in [-0.15, -0.1) is 0 Å². The molecule has 0 aliphatic rings. The highest BCUT2D eigenvalue weighted by Gasteiger charge is 2.20. The number of hydrogen-bond acceptors (Lipinski definition) is 5. The molecule has 0 saturated carbocycles. The number of carbonyl (C=O) groups is 2. The monoisotopic (exact) mass is 233 g/mol. The summed E-state index contributed by atoms with van der Waals surface area (Å²) in [5.41, 5.74) is 0.639. The van der Waals surface area contributed by atoms with Crippen LogP contribution >= 0.6 is 0 Å². The van der Waals surface area contributed by atoms with Crippen LogP contribution in [-0.4, -0.2) is 11.9 Å². The van der Waals surface area contributed by atoms with E-state index >= 15 is 0 Å². The first kappa shape index (κ1) is 12.7. The zero-order valence-corrected chi connectivity index (χ0v) is 9.47. The topological polar surface area (TPSA) is 76.4 Å². The summed E-state index contributed by atoms with van der Waals surface area (Å²) in [6.07, 6.45) is -1.18. The average Bonchev–Trinajstić information content (AvgIpc) is 2.27. The van der Waals surface area contributed by atoms with E-state index in [9.17, 15) is 9.59 Å². The van der Waals surface area contributed by atoms with Crippen molar-refractivity contribution in [1.82, 2.24) is 0 Å². The van der Waals surface area contributed by atoms with Gasteiger partial charge < -0.3 is 9.47 Å². The number of hydrogen-bond donors (Lipinski definition) is 0. The molecule has 0 fully saturated rings. The largest absolute Gasteiger partial charge is 0.421 e. The number of rotatable bonds is 3. The van der Waals surface area contributed by atoms with Gasteiger partial charge in [0.25, 0.3) is 6.29 Å². The van der Waals surface area contributed by atoms with Crippen molar-refractivity contribution in [2.45, 2.75) is 20.1 Å². The SMILES string of the molecule is CC(=O)OC(OC(C)=O)c1ccccc1C#N. The van der Waals surface area contributed by atoms with Crippen LogP contribution in [0.4, 0.5) is 0 Å². The van der Waals surface area contributed by atoms with Crippen LogP contribution in [0.2, 0.25) is 0 Å². The highest BCUT2D eigenvalue weighted by molar-refractivity contribution is 5.68. The summed E-state index contributed by atoms with van der Waals surface area (Å²) >= 11 is 0. The van der Waals surface area contributed by atoms with Crippen molar-refractivity contribution in [3.05, 3.63) is 35.4 Å². The minimum Gasteiger partial charge on any atom is -0.421 e. The van der Waals surface area contributed by atoms with Gasteiger partial charge in [0.15, 0.2) is 0 Å². The van der Waals surface area contributed by atoms with Crippen LogP contribution in [0.5, 0.6) is 0 Å². The highest BCUT2D eigenvalue weighted by Crippen LogP contribution is 2.22. The Labute approximate surface area is 98.6 Å². The lowest BCUT2D eigenvalue weighted by Gasteiger charge is -2.17. The van der Waals surface area contributed by atoms with Gasteiger partial charge in [0.1, 0.15) is 0 Å². The second kappa shape index (κ2) is 5.66. The third-order valence-electron chi connectivity index (χ3n) is 1.88. The van der Waals surface area contributed by atoms with E-state index in [1.807, 2.05) is 6.07 Å². The minimum atomic E-state index is -1.18. The lowest BCUT2D eigenvalue weighted by molar-refractivity contribution is -0.186. The summed E-state index contributed by atoms with van der Waals surface area (Å²) in [7, 11) is 0. The van der Waals surface area contributed by atoms with Gasteiger partial charge in [-0.3, -0.25) is 9.59 Å². The summed E-state index contributed by atoms with van der Waals surface area (Å²) in [4.78, 5) is 21.8. The Morgan fingerprint density at radius 3 is 2.18 bits per heavy atom. The molecule has 0 unspecified atom stereocenters. The Hall–Kier alpha value is -2.35. The molecule has 0 aliphatic heterocycles. The maximum atomic E-state index is 10.9. The van der Waals surface area contributed by atoms with Crippen molar-refractivity contribution in [3.63, 3.8) is 0 Å². The number of benzene rings is 1. The van der Waals surface area contributed by atoms with Crippen LogP contribution in [0, 0.1) is 11.3 Å². The zero-order valence-electron chi connectivity index (χ0n) is 9.47. The molecule has 1 rings (SSSR count). The number of nitrogens with zero attached hydrogens (tertiary/aromatic N) is 1. The molecule has 0 N–H and O–H groups in total. The summed E-state index contributed by atoms with van der Waals surface area (Å²) in [6, 6.07) is 8.39. The predicted octanol–water partition coefficient (Wildman–Crippen LogP) is 1.68. The van der Waals surface area contributed by atoms with E-state index < -0.39 is 18.2 Å². The van der Waals surface area contributed by atoms with Crippen molar-refractivity contribution in [2.24, 2.45) is 0 Å². The number of carbonyl (C=O) groups excluding carboxylic acids is 2. The first-order chi connectivity index (χ1) is 8.04. The molecule has 0 aromatic heterocycles. The molecule has 0 radical (unpaired) electrons. The maximum Gasteiger partial charge on any atom is 0.305 e. The molecule has 0 heterocycles. The molecule has 88 valence electrons. The highest BCUT2D eigenvalue weighted by atomic mass is 16.7. The lowest BCUT2D eigenvalue weighted by Crippen LogP contribution is -2.16. The summed E-state index contributed by atoms with van der Waals surface area (Å²) in [5, 5.41) is 8.90. The van der Waals surface area contributed by atoms with Gasteiger partial charge in [-0.05, 0) is 6.07 Å². The van der Waals surface area contributed by atoms with Crippen LogP contribution in [-0.2, 0) is 19.1 Å². The molecule has 0 bridgehead atoms. The van der Waals surface area contributed by atoms with Crippen LogP contribution in [0.25, 0.3) is 0 Å². The maximum absolute atomic E-state index is 10.9.